The summed E-state index contributed by atoms with van der Waals surface area (Å²) in [5.41, 5.74) is 2.78. The molecule has 4 aromatic rings. The van der Waals surface area contributed by atoms with Gasteiger partial charge >= 0.3 is 0 Å². The van der Waals surface area contributed by atoms with E-state index in [1.807, 2.05) is 77.1 Å². The van der Waals surface area contributed by atoms with E-state index < -0.39 is 0 Å². The number of hydrogen-bond acceptors (Lipinski definition) is 6. The third kappa shape index (κ3) is 3.74. The van der Waals surface area contributed by atoms with Crippen LogP contribution >= 0.6 is 22.7 Å². The minimum absolute atomic E-state index is 0.0623. The van der Waals surface area contributed by atoms with Gasteiger partial charge in [0.25, 0.3) is 5.91 Å². The second kappa shape index (κ2) is 8.38. The SMILES string of the molecule is O=C(c1sc(-c2ccccc2)nc1-c1ccccc1)N1CCN(c2nccs2)CC1. The summed E-state index contributed by atoms with van der Waals surface area (Å²) < 4.78 is 0. The smallest absolute Gasteiger partial charge is 0.266 e. The average Bonchev–Trinajstić information content (AvgIpc) is 3.51. The number of nitrogens with zero attached hydrogens (tertiary/aromatic N) is 4. The molecule has 30 heavy (non-hydrogen) atoms. The van der Waals surface area contributed by atoms with Crippen molar-refractivity contribution < 1.29 is 4.79 Å². The molecular formula is C23H20N4OS2. The van der Waals surface area contributed by atoms with Crippen LogP contribution in [0.25, 0.3) is 21.8 Å². The number of aromatic nitrogens is 2. The fourth-order valence-electron chi connectivity index (χ4n) is 3.58. The van der Waals surface area contributed by atoms with Crippen molar-refractivity contribution in [2.24, 2.45) is 0 Å². The van der Waals surface area contributed by atoms with E-state index in [9.17, 15) is 4.79 Å². The van der Waals surface area contributed by atoms with Crippen LogP contribution in [-0.2, 0) is 0 Å². The molecule has 1 saturated heterocycles. The number of carbonyl (C=O) groups excluding carboxylic acids is 1. The minimum atomic E-state index is 0.0623. The van der Waals surface area contributed by atoms with Crippen molar-refractivity contribution in [3.63, 3.8) is 0 Å². The van der Waals surface area contributed by atoms with E-state index in [4.69, 9.17) is 4.98 Å². The summed E-state index contributed by atoms with van der Waals surface area (Å²) >= 11 is 3.12. The molecule has 0 atom stereocenters. The maximum absolute atomic E-state index is 13.5. The van der Waals surface area contributed by atoms with Gasteiger partial charge in [0.1, 0.15) is 9.88 Å². The van der Waals surface area contributed by atoms with Crippen LogP contribution in [0, 0.1) is 0 Å². The van der Waals surface area contributed by atoms with Gasteiger partial charge in [-0.25, -0.2) is 9.97 Å². The quantitative estimate of drug-likeness (QED) is 0.460. The molecule has 3 heterocycles. The van der Waals surface area contributed by atoms with Crippen molar-refractivity contribution in [2.75, 3.05) is 31.1 Å². The van der Waals surface area contributed by atoms with Crippen LogP contribution < -0.4 is 4.90 Å². The predicted molar refractivity (Wildman–Crippen MR) is 123 cm³/mol. The third-order valence-corrected chi connectivity index (χ3v) is 7.07. The van der Waals surface area contributed by atoms with Crippen molar-refractivity contribution in [3.05, 3.63) is 77.1 Å². The van der Waals surface area contributed by atoms with Gasteiger partial charge in [-0.1, -0.05) is 60.7 Å². The molecule has 5 nitrogen and oxygen atoms in total. The van der Waals surface area contributed by atoms with Gasteiger partial charge in [-0.3, -0.25) is 4.79 Å². The Morgan fingerprint density at radius 3 is 2.17 bits per heavy atom. The molecule has 1 fully saturated rings. The van der Waals surface area contributed by atoms with Crippen LogP contribution in [0.4, 0.5) is 5.13 Å². The highest BCUT2D eigenvalue weighted by atomic mass is 32.1. The molecule has 7 heteroatoms. The lowest BCUT2D eigenvalue weighted by Crippen LogP contribution is -2.48. The summed E-state index contributed by atoms with van der Waals surface area (Å²) in [4.78, 5) is 27.7. The second-order valence-electron chi connectivity index (χ2n) is 7.02. The molecule has 1 aliphatic heterocycles. The fraction of sp³-hybridized carbons (Fsp3) is 0.174. The predicted octanol–water partition coefficient (Wildman–Crippen LogP) is 4.90. The van der Waals surface area contributed by atoms with E-state index in [0.29, 0.717) is 18.0 Å². The number of thiazole rings is 2. The van der Waals surface area contributed by atoms with Gasteiger partial charge in [0.15, 0.2) is 5.13 Å². The van der Waals surface area contributed by atoms with E-state index in [2.05, 4.69) is 9.88 Å². The Morgan fingerprint density at radius 2 is 1.53 bits per heavy atom. The van der Waals surface area contributed by atoms with Gasteiger partial charge in [0.05, 0.1) is 5.69 Å². The lowest BCUT2D eigenvalue weighted by atomic mass is 10.1. The summed E-state index contributed by atoms with van der Waals surface area (Å²) in [5.74, 6) is 0.0623. The molecular weight excluding hydrogens is 412 g/mol. The van der Waals surface area contributed by atoms with E-state index in [0.717, 1.165) is 40.0 Å². The molecule has 5 rings (SSSR count). The number of anilines is 1. The molecule has 150 valence electrons. The number of carbonyl (C=O) groups is 1. The van der Waals surface area contributed by atoms with Crippen molar-refractivity contribution >= 4 is 33.7 Å². The van der Waals surface area contributed by atoms with Crippen molar-refractivity contribution in [1.82, 2.24) is 14.9 Å². The minimum Gasteiger partial charge on any atom is -0.345 e. The van der Waals surface area contributed by atoms with E-state index in [1.165, 1.54) is 11.3 Å². The summed E-state index contributed by atoms with van der Waals surface area (Å²) in [7, 11) is 0. The second-order valence-corrected chi connectivity index (χ2v) is 8.89. The molecule has 0 N–H and O–H groups in total. The van der Waals surface area contributed by atoms with Gasteiger partial charge in [-0.05, 0) is 0 Å². The Kier molecular flexibility index (Phi) is 5.29. The molecule has 0 spiro atoms. The molecule has 2 aromatic carbocycles. The zero-order chi connectivity index (χ0) is 20.3. The molecule has 0 aliphatic carbocycles. The highest BCUT2D eigenvalue weighted by molar-refractivity contribution is 7.17. The Hall–Kier alpha value is -3.03. The van der Waals surface area contributed by atoms with Crippen molar-refractivity contribution in [3.8, 4) is 21.8 Å². The first-order chi connectivity index (χ1) is 14.8. The monoisotopic (exact) mass is 432 g/mol. The number of benzene rings is 2. The van der Waals surface area contributed by atoms with Crippen LogP contribution in [0.5, 0.6) is 0 Å². The number of amides is 1. The zero-order valence-corrected chi connectivity index (χ0v) is 17.9. The first kappa shape index (κ1) is 19.0. The largest absolute Gasteiger partial charge is 0.345 e. The van der Waals surface area contributed by atoms with Gasteiger partial charge in [-0.15, -0.1) is 22.7 Å². The van der Waals surface area contributed by atoms with Gasteiger partial charge in [0.2, 0.25) is 0 Å². The Morgan fingerprint density at radius 1 is 0.867 bits per heavy atom. The molecule has 0 bridgehead atoms. The molecule has 0 saturated carbocycles. The van der Waals surface area contributed by atoms with E-state index >= 15 is 0 Å². The lowest BCUT2D eigenvalue weighted by Gasteiger charge is -2.34. The first-order valence-corrected chi connectivity index (χ1v) is 11.5. The number of piperazine rings is 1. The fourth-order valence-corrected chi connectivity index (χ4v) is 5.34. The van der Waals surface area contributed by atoms with E-state index in [1.54, 1.807) is 11.3 Å². The van der Waals surface area contributed by atoms with Crippen molar-refractivity contribution in [2.45, 2.75) is 0 Å². The van der Waals surface area contributed by atoms with Crippen LogP contribution in [0.3, 0.4) is 0 Å². The van der Waals surface area contributed by atoms with Gasteiger partial charge in [-0.2, -0.15) is 0 Å². The van der Waals surface area contributed by atoms with Crippen LogP contribution in [-0.4, -0.2) is 47.0 Å². The maximum Gasteiger partial charge on any atom is 0.266 e. The average molecular weight is 433 g/mol. The first-order valence-electron chi connectivity index (χ1n) is 9.85. The highest BCUT2D eigenvalue weighted by Gasteiger charge is 2.28. The number of rotatable bonds is 4. The number of hydrogen-bond donors (Lipinski definition) is 0. The summed E-state index contributed by atoms with van der Waals surface area (Å²) in [6, 6.07) is 20.0. The standard InChI is InChI=1S/C23H20N4OS2/c28-22(26-12-14-27(15-13-26)23-24-11-16-29-23)20-19(17-7-3-1-4-8-17)25-21(30-20)18-9-5-2-6-10-18/h1-11,16H,12-15H2. The topological polar surface area (TPSA) is 49.3 Å². The normalized spacial score (nSPS) is 14.1. The maximum atomic E-state index is 13.5. The summed E-state index contributed by atoms with van der Waals surface area (Å²) in [5, 5.41) is 3.89. The van der Waals surface area contributed by atoms with Gasteiger partial charge < -0.3 is 9.80 Å². The molecule has 1 aliphatic rings. The summed E-state index contributed by atoms with van der Waals surface area (Å²) in [6.07, 6.45) is 1.83. The molecule has 2 aromatic heterocycles. The zero-order valence-electron chi connectivity index (χ0n) is 16.3. The van der Waals surface area contributed by atoms with Gasteiger partial charge in [0, 0.05) is 48.9 Å². The van der Waals surface area contributed by atoms with Crippen LogP contribution in [0.2, 0.25) is 0 Å². The molecule has 0 unspecified atom stereocenters. The Balaban J connectivity index is 1.44. The van der Waals surface area contributed by atoms with Crippen LogP contribution in [0.1, 0.15) is 9.67 Å². The third-order valence-electron chi connectivity index (χ3n) is 5.15. The van der Waals surface area contributed by atoms with Crippen LogP contribution in [0.15, 0.2) is 72.2 Å². The summed E-state index contributed by atoms with van der Waals surface area (Å²) in [6.45, 7) is 2.96. The van der Waals surface area contributed by atoms with Crippen molar-refractivity contribution in [1.29, 1.82) is 0 Å². The molecule has 0 radical (unpaired) electrons. The lowest BCUT2D eigenvalue weighted by molar-refractivity contribution is 0.0752. The molecule has 1 amide bonds. The highest BCUT2D eigenvalue weighted by Crippen LogP contribution is 2.35. The Bertz CT molecular complexity index is 1120. The van der Waals surface area contributed by atoms with E-state index in [-0.39, 0.29) is 5.91 Å². The Labute approximate surface area is 183 Å².